The number of ketones is 1. The maximum absolute atomic E-state index is 12.5. The molecular formula is C16H28O2S. The second-order valence-electron chi connectivity index (χ2n) is 7.46. The van der Waals surface area contributed by atoms with Crippen LogP contribution in [0.1, 0.15) is 53.4 Å². The van der Waals surface area contributed by atoms with Crippen LogP contribution >= 0.6 is 11.8 Å². The summed E-state index contributed by atoms with van der Waals surface area (Å²) in [6.45, 7) is 9.66. The number of hydrogen-bond donors (Lipinski definition) is 0. The van der Waals surface area contributed by atoms with Gasteiger partial charge in [-0.15, -0.1) is 0 Å². The van der Waals surface area contributed by atoms with Gasteiger partial charge < -0.3 is 4.74 Å². The number of thioether (sulfide) groups is 1. The molecule has 0 N–H and O–H groups in total. The van der Waals surface area contributed by atoms with Crippen LogP contribution in [0.25, 0.3) is 0 Å². The number of rotatable bonds is 3. The van der Waals surface area contributed by atoms with E-state index in [-0.39, 0.29) is 16.9 Å². The number of ether oxygens (including phenoxy) is 1. The summed E-state index contributed by atoms with van der Waals surface area (Å²) in [4.78, 5) is 12.5. The topological polar surface area (TPSA) is 26.3 Å². The van der Waals surface area contributed by atoms with E-state index in [1.807, 2.05) is 11.8 Å². The first kappa shape index (κ1) is 15.4. The summed E-state index contributed by atoms with van der Waals surface area (Å²) in [5.41, 5.74) is 0.260. The maximum Gasteiger partial charge on any atom is 0.136 e. The van der Waals surface area contributed by atoms with E-state index in [4.69, 9.17) is 4.74 Å². The molecule has 2 aliphatic rings. The molecule has 19 heavy (non-hydrogen) atoms. The average molecular weight is 284 g/mol. The highest BCUT2D eigenvalue weighted by atomic mass is 32.2. The van der Waals surface area contributed by atoms with Gasteiger partial charge in [0.2, 0.25) is 0 Å². The van der Waals surface area contributed by atoms with Gasteiger partial charge in [0.15, 0.2) is 0 Å². The molecule has 2 nitrogen and oxygen atoms in total. The van der Waals surface area contributed by atoms with Crippen molar-refractivity contribution in [3.05, 3.63) is 0 Å². The number of carbonyl (C=O) groups is 1. The Morgan fingerprint density at radius 3 is 2.79 bits per heavy atom. The lowest BCUT2D eigenvalue weighted by Crippen LogP contribution is -2.42. The first-order valence-corrected chi connectivity index (χ1v) is 8.72. The van der Waals surface area contributed by atoms with Crippen molar-refractivity contribution in [2.24, 2.45) is 17.3 Å². The Morgan fingerprint density at radius 2 is 2.21 bits per heavy atom. The van der Waals surface area contributed by atoms with Gasteiger partial charge in [-0.25, -0.2) is 0 Å². The number of hydrogen-bond acceptors (Lipinski definition) is 3. The van der Waals surface area contributed by atoms with Gasteiger partial charge in [0.25, 0.3) is 0 Å². The third-order valence-corrected chi connectivity index (χ3v) is 6.22. The van der Waals surface area contributed by atoms with Crippen molar-refractivity contribution in [2.75, 3.05) is 18.1 Å². The molecule has 0 amide bonds. The zero-order valence-electron chi connectivity index (χ0n) is 12.8. The van der Waals surface area contributed by atoms with E-state index in [9.17, 15) is 4.79 Å². The van der Waals surface area contributed by atoms with Crippen LogP contribution < -0.4 is 0 Å². The summed E-state index contributed by atoms with van der Waals surface area (Å²) in [6, 6.07) is 0. The van der Waals surface area contributed by atoms with Crippen molar-refractivity contribution >= 4 is 17.5 Å². The summed E-state index contributed by atoms with van der Waals surface area (Å²) in [5.74, 6) is 3.46. The molecule has 2 saturated heterocycles. The monoisotopic (exact) mass is 284 g/mol. The molecule has 1 spiro atoms. The summed E-state index contributed by atoms with van der Waals surface area (Å²) in [7, 11) is 0. The lowest BCUT2D eigenvalue weighted by Gasteiger charge is -2.38. The fourth-order valence-electron chi connectivity index (χ4n) is 2.94. The fraction of sp³-hybridized carbons (Fsp3) is 0.938. The maximum atomic E-state index is 12.5. The highest BCUT2D eigenvalue weighted by molar-refractivity contribution is 7.99. The highest BCUT2D eigenvalue weighted by Gasteiger charge is 2.42. The van der Waals surface area contributed by atoms with E-state index >= 15 is 0 Å². The van der Waals surface area contributed by atoms with Gasteiger partial charge in [-0.05, 0) is 36.3 Å². The van der Waals surface area contributed by atoms with Crippen molar-refractivity contribution in [3.8, 4) is 0 Å². The molecule has 3 unspecified atom stereocenters. The normalized spacial score (nSPS) is 33.6. The van der Waals surface area contributed by atoms with Crippen LogP contribution in [-0.4, -0.2) is 29.5 Å². The molecule has 0 radical (unpaired) electrons. The zero-order chi connectivity index (χ0) is 14.1. The van der Waals surface area contributed by atoms with Crippen molar-refractivity contribution in [1.29, 1.82) is 0 Å². The van der Waals surface area contributed by atoms with Crippen LogP contribution in [0.2, 0.25) is 0 Å². The van der Waals surface area contributed by atoms with Gasteiger partial charge >= 0.3 is 0 Å². The Kier molecular flexibility index (Phi) is 4.67. The van der Waals surface area contributed by atoms with E-state index in [0.29, 0.717) is 11.7 Å². The zero-order valence-corrected chi connectivity index (χ0v) is 13.6. The Labute approximate surface area is 122 Å². The van der Waals surface area contributed by atoms with Gasteiger partial charge in [-0.3, -0.25) is 4.79 Å². The minimum atomic E-state index is 0.0359. The van der Waals surface area contributed by atoms with E-state index in [0.717, 1.165) is 38.0 Å². The van der Waals surface area contributed by atoms with Gasteiger partial charge in [-0.2, -0.15) is 11.8 Å². The molecule has 0 aromatic rings. The van der Waals surface area contributed by atoms with Crippen molar-refractivity contribution < 1.29 is 9.53 Å². The first-order chi connectivity index (χ1) is 8.82. The SMILES string of the molecule is CC(CC(=O)C1CCOC2(CCSC2)C1)C(C)(C)C. The quantitative estimate of drug-likeness (QED) is 0.785. The molecule has 0 aliphatic carbocycles. The molecule has 3 heteroatoms. The van der Waals surface area contributed by atoms with Crippen LogP contribution in [0.5, 0.6) is 0 Å². The highest BCUT2D eigenvalue weighted by Crippen LogP contribution is 2.41. The van der Waals surface area contributed by atoms with Gasteiger partial charge in [0.1, 0.15) is 5.78 Å². The lowest BCUT2D eigenvalue weighted by atomic mass is 9.75. The van der Waals surface area contributed by atoms with Gasteiger partial charge in [0.05, 0.1) is 5.60 Å². The Hall–Kier alpha value is -0.0200. The third-order valence-electron chi connectivity index (χ3n) is 5.00. The predicted molar refractivity (Wildman–Crippen MR) is 81.6 cm³/mol. The van der Waals surface area contributed by atoms with E-state index in [1.54, 1.807) is 0 Å². The molecule has 2 aliphatic heterocycles. The molecule has 2 fully saturated rings. The summed E-state index contributed by atoms with van der Waals surface area (Å²) < 4.78 is 6.01. The van der Waals surface area contributed by atoms with Crippen LogP contribution in [0.4, 0.5) is 0 Å². The third kappa shape index (κ3) is 3.75. The van der Waals surface area contributed by atoms with Crippen LogP contribution in [0.3, 0.4) is 0 Å². The Morgan fingerprint density at radius 1 is 1.47 bits per heavy atom. The summed E-state index contributed by atoms with van der Waals surface area (Å²) in [5, 5.41) is 0. The molecule has 110 valence electrons. The molecule has 0 bridgehead atoms. The molecular weight excluding hydrogens is 256 g/mol. The number of Topliss-reactive ketones (excluding diaryl/α,β-unsaturated/α-hetero) is 1. The van der Waals surface area contributed by atoms with Crippen molar-refractivity contribution in [3.63, 3.8) is 0 Å². The second-order valence-corrected chi connectivity index (χ2v) is 8.57. The molecule has 0 saturated carbocycles. The fourth-order valence-corrected chi connectivity index (χ4v) is 4.32. The summed E-state index contributed by atoms with van der Waals surface area (Å²) >= 11 is 1.98. The van der Waals surface area contributed by atoms with Crippen LogP contribution in [0, 0.1) is 17.3 Å². The minimum absolute atomic E-state index is 0.0359. The van der Waals surface area contributed by atoms with Crippen molar-refractivity contribution in [2.45, 2.75) is 59.0 Å². The van der Waals surface area contributed by atoms with Gasteiger partial charge in [0, 0.05) is 24.7 Å². The van der Waals surface area contributed by atoms with E-state index in [2.05, 4.69) is 27.7 Å². The largest absolute Gasteiger partial charge is 0.374 e. The minimum Gasteiger partial charge on any atom is -0.374 e. The first-order valence-electron chi connectivity index (χ1n) is 7.57. The molecule has 3 atom stereocenters. The van der Waals surface area contributed by atoms with E-state index < -0.39 is 0 Å². The van der Waals surface area contributed by atoms with Crippen LogP contribution in [0.15, 0.2) is 0 Å². The van der Waals surface area contributed by atoms with Gasteiger partial charge in [-0.1, -0.05) is 27.7 Å². The second kappa shape index (κ2) is 5.77. The smallest absolute Gasteiger partial charge is 0.136 e. The van der Waals surface area contributed by atoms with Crippen molar-refractivity contribution in [1.82, 2.24) is 0 Å². The standard InChI is InChI=1S/C16H28O2S/c1-12(15(2,3)4)9-14(17)13-5-7-18-16(10-13)6-8-19-11-16/h12-13H,5-11H2,1-4H3. The Bertz CT molecular complexity index is 326. The molecule has 2 rings (SSSR count). The molecule has 2 heterocycles. The summed E-state index contributed by atoms with van der Waals surface area (Å²) in [6.07, 6.45) is 3.77. The lowest BCUT2D eigenvalue weighted by molar-refractivity contribution is -0.135. The predicted octanol–water partition coefficient (Wildman–Crippen LogP) is 3.93. The molecule has 0 aromatic carbocycles. The molecule has 0 aromatic heterocycles. The van der Waals surface area contributed by atoms with Crippen LogP contribution in [-0.2, 0) is 9.53 Å². The average Bonchev–Trinajstić information content (AvgIpc) is 2.76. The Balaban J connectivity index is 1.92. The van der Waals surface area contributed by atoms with E-state index in [1.165, 1.54) is 5.75 Å². The number of carbonyl (C=O) groups excluding carboxylic acids is 1.